The van der Waals surface area contributed by atoms with E-state index >= 15 is 0 Å². The summed E-state index contributed by atoms with van der Waals surface area (Å²) in [7, 11) is 0. The molecule has 0 aromatic rings. The molecular formula is C19H34O4. The van der Waals surface area contributed by atoms with Crippen molar-refractivity contribution in [1.29, 1.82) is 0 Å². The first-order valence-corrected chi connectivity index (χ1v) is 9.11. The largest absolute Gasteiger partial charge is 0.481 e. The molecule has 23 heavy (non-hydrogen) atoms. The van der Waals surface area contributed by atoms with Gasteiger partial charge in [0.05, 0.1) is 11.8 Å². The first kappa shape index (κ1) is 21.7. The predicted octanol–water partition coefficient (Wildman–Crippen LogP) is 5.28. The van der Waals surface area contributed by atoms with Crippen molar-refractivity contribution in [1.82, 2.24) is 0 Å². The molecule has 4 heteroatoms. The van der Waals surface area contributed by atoms with Gasteiger partial charge in [-0.25, -0.2) is 0 Å². The lowest BCUT2D eigenvalue weighted by molar-refractivity contribution is -0.153. The Bertz CT molecular complexity index is 349. The summed E-state index contributed by atoms with van der Waals surface area (Å²) in [5.74, 6) is -3.62. The van der Waals surface area contributed by atoms with Crippen molar-refractivity contribution in [3.8, 4) is 0 Å². The van der Waals surface area contributed by atoms with E-state index in [-0.39, 0.29) is 0 Å². The van der Waals surface area contributed by atoms with Gasteiger partial charge >= 0.3 is 11.9 Å². The van der Waals surface area contributed by atoms with Crippen molar-refractivity contribution in [2.45, 2.75) is 84.5 Å². The minimum atomic E-state index is -1.03. The molecule has 0 saturated heterocycles. The number of hydrogen-bond acceptors (Lipinski definition) is 2. The number of hydrogen-bond donors (Lipinski definition) is 2. The van der Waals surface area contributed by atoms with Crippen LogP contribution in [0.3, 0.4) is 0 Å². The second-order valence-corrected chi connectivity index (χ2v) is 6.38. The van der Waals surface area contributed by atoms with Crippen LogP contribution in [-0.4, -0.2) is 22.2 Å². The molecule has 2 N–H and O–H groups in total. The van der Waals surface area contributed by atoms with Crippen LogP contribution in [0.5, 0.6) is 0 Å². The van der Waals surface area contributed by atoms with Gasteiger partial charge in [0.1, 0.15) is 0 Å². The predicted molar refractivity (Wildman–Crippen MR) is 93.5 cm³/mol. The van der Waals surface area contributed by atoms with Gasteiger partial charge in [-0.3, -0.25) is 9.59 Å². The Kier molecular flexibility index (Phi) is 13.5. The monoisotopic (exact) mass is 326 g/mol. The van der Waals surface area contributed by atoms with Crippen LogP contribution < -0.4 is 0 Å². The minimum absolute atomic E-state index is 0.448. The quantitative estimate of drug-likeness (QED) is 0.317. The fourth-order valence-corrected chi connectivity index (χ4v) is 2.66. The van der Waals surface area contributed by atoms with Crippen molar-refractivity contribution in [2.24, 2.45) is 11.8 Å². The summed E-state index contributed by atoms with van der Waals surface area (Å²) in [6, 6.07) is 0. The third-order valence-electron chi connectivity index (χ3n) is 4.34. The Morgan fingerprint density at radius 1 is 0.826 bits per heavy atom. The number of aliphatic carboxylic acids is 2. The van der Waals surface area contributed by atoms with Gasteiger partial charge in [0.15, 0.2) is 0 Å². The van der Waals surface area contributed by atoms with Crippen LogP contribution in [0.1, 0.15) is 84.5 Å². The van der Waals surface area contributed by atoms with Crippen LogP contribution in [0, 0.1) is 11.8 Å². The fourth-order valence-electron chi connectivity index (χ4n) is 2.66. The minimum Gasteiger partial charge on any atom is -0.481 e. The smallest absolute Gasteiger partial charge is 0.307 e. The Morgan fingerprint density at radius 2 is 1.35 bits per heavy atom. The first-order chi connectivity index (χ1) is 11.0. The van der Waals surface area contributed by atoms with Gasteiger partial charge in [0.2, 0.25) is 0 Å². The van der Waals surface area contributed by atoms with Gasteiger partial charge in [0, 0.05) is 0 Å². The number of carboxylic acids is 2. The first-order valence-electron chi connectivity index (χ1n) is 9.11. The van der Waals surface area contributed by atoms with Crippen LogP contribution in [0.4, 0.5) is 0 Å². The van der Waals surface area contributed by atoms with E-state index in [9.17, 15) is 9.59 Å². The Balaban J connectivity index is 3.63. The molecule has 4 nitrogen and oxygen atoms in total. The van der Waals surface area contributed by atoms with E-state index < -0.39 is 23.8 Å². The van der Waals surface area contributed by atoms with E-state index in [1.165, 1.54) is 39.0 Å². The van der Waals surface area contributed by atoms with Crippen molar-refractivity contribution in [3.63, 3.8) is 0 Å². The lowest BCUT2D eigenvalue weighted by atomic mass is 9.89. The number of allylic oxidation sites excluding steroid dienone is 2. The molecule has 0 aliphatic carbocycles. The normalized spacial score (nSPS) is 14.0. The second-order valence-electron chi connectivity index (χ2n) is 6.38. The third-order valence-corrected chi connectivity index (χ3v) is 4.34. The van der Waals surface area contributed by atoms with Crippen molar-refractivity contribution >= 4 is 11.9 Å². The number of carboxylic acid groups (broad SMARTS) is 2. The van der Waals surface area contributed by atoms with E-state index in [0.29, 0.717) is 6.42 Å². The van der Waals surface area contributed by atoms with Crippen LogP contribution in [0.25, 0.3) is 0 Å². The Labute approximate surface area is 141 Å². The highest BCUT2D eigenvalue weighted by Gasteiger charge is 2.29. The molecule has 2 unspecified atom stereocenters. The second kappa shape index (κ2) is 14.3. The molecule has 2 atom stereocenters. The van der Waals surface area contributed by atoms with Crippen molar-refractivity contribution in [2.75, 3.05) is 0 Å². The van der Waals surface area contributed by atoms with Crippen LogP contribution in [-0.2, 0) is 9.59 Å². The summed E-state index contributed by atoms with van der Waals surface area (Å²) in [4.78, 5) is 22.0. The third kappa shape index (κ3) is 11.8. The molecule has 0 heterocycles. The van der Waals surface area contributed by atoms with E-state index in [0.717, 1.165) is 32.1 Å². The van der Waals surface area contributed by atoms with Gasteiger partial charge in [-0.15, -0.1) is 0 Å². The molecule has 0 fully saturated rings. The van der Waals surface area contributed by atoms with Crippen LogP contribution in [0.2, 0.25) is 0 Å². The summed E-state index contributed by atoms with van der Waals surface area (Å²) in [5.41, 5.74) is 0. The van der Waals surface area contributed by atoms with E-state index in [1.807, 2.05) is 0 Å². The van der Waals surface area contributed by atoms with Gasteiger partial charge in [0.25, 0.3) is 0 Å². The molecule has 134 valence electrons. The van der Waals surface area contributed by atoms with Gasteiger partial charge in [-0.05, 0) is 32.1 Å². The molecule has 0 saturated carbocycles. The van der Waals surface area contributed by atoms with E-state index in [1.54, 1.807) is 0 Å². The maximum absolute atomic E-state index is 11.1. The van der Waals surface area contributed by atoms with Crippen LogP contribution in [0.15, 0.2) is 12.2 Å². The SMILES string of the molecule is CCCCCCCC=CCCCCCC(C(=O)O)C(C)C(=O)O. The molecule has 0 aliphatic heterocycles. The zero-order valence-corrected chi connectivity index (χ0v) is 14.8. The standard InChI is InChI=1S/C19H34O4/c1-3-4-5-6-7-8-9-10-11-12-13-14-15-17(19(22)23)16(2)18(20)21/h9-10,16-17H,3-8,11-15H2,1-2H3,(H,20,21)(H,22,23). The zero-order chi connectivity index (χ0) is 17.5. The van der Waals surface area contributed by atoms with Crippen molar-refractivity contribution in [3.05, 3.63) is 12.2 Å². The zero-order valence-electron chi connectivity index (χ0n) is 14.8. The van der Waals surface area contributed by atoms with Gasteiger partial charge in [-0.2, -0.15) is 0 Å². The lowest BCUT2D eigenvalue weighted by Crippen LogP contribution is -2.27. The van der Waals surface area contributed by atoms with Gasteiger partial charge < -0.3 is 10.2 Å². The molecule has 0 rings (SSSR count). The summed E-state index contributed by atoms with van der Waals surface area (Å²) < 4.78 is 0. The topological polar surface area (TPSA) is 74.6 Å². The molecule has 0 aliphatic rings. The van der Waals surface area contributed by atoms with E-state index in [4.69, 9.17) is 10.2 Å². The fraction of sp³-hybridized carbons (Fsp3) is 0.789. The summed E-state index contributed by atoms with van der Waals surface area (Å²) >= 11 is 0. The molecule has 0 spiro atoms. The Hall–Kier alpha value is -1.32. The highest BCUT2D eigenvalue weighted by molar-refractivity contribution is 5.79. The summed E-state index contributed by atoms with van der Waals surface area (Å²) in [6.45, 7) is 3.70. The number of unbranched alkanes of at least 4 members (excludes halogenated alkanes) is 8. The van der Waals surface area contributed by atoms with E-state index in [2.05, 4.69) is 19.1 Å². The average molecular weight is 326 g/mol. The summed E-state index contributed by atoms with van der Waals surface area (Å²) in [5, 5.41) is 18.0. The number of rotatable bonds is 15. The molecular weight excluding hydrogens is 292 g/mol. The highest BCUT2D eigenvalue weighted by atomic mass is 16.4. The van der Waals surface area contributed by atoms with Crippen molar-refractivity contribution < 1.29 is 19.8 Å². The Morgan fingerprint density at radius 3 is 1.83 bits per heavy atom. The molecule has 0 radical (unpaired) electrons. The van der Waals surface area contributed by atoms with Crippen LogP contribution >= 0.6 is 0 Å². The lowest BCUT2D eigenvalue weighted by Gasteiger charge is -2.16. The highest BCUT2D eigenvalue weighted by Crippen LogP contribution is 2.20. The number of carbonyl (C=O) groups is 2. The molecule has 0 amide bonds. The molecule has 0 aromatic carbocycles. The summed E-state index contributed by atoms with van der Waals surface area (Å²) in [6.07, 6.45) is 16.4. The molecule has 0 aromatic heterocycles. The van der Waals surface area contributed by atoms with Gasteiger partial charge in [-0.1, -0.05) is 64.5 Å². The maximum Gasteiger partial charge on any atom is 0.307 e. The average Bonchev–Trinajstić information content (AvgIpc) is 2.51. The maximum atomic E-state index is 11.1. The molecule has 0 bridgehead atoms.